The standard InChI is InChI=1S/C24H29ClN6O2S/c25-17-9-26-20(27-10-17)14-6-15-11-31(12-16(15)7-14)22-28-18-8-24(4-5-24)34(33)19(18)21(29-22)30-23(13-32)2-1-3-23/h9-10,14-16,32H,1-8,11-13H2,(H,28,29,30)/t14?,15?,16?,34-/m1/s1. The molecule has 2 aromatic rings. The van der Waals surface area contributed by atoms with Gasteiger partial charge in [-0.05, 0) is 56.8 Å². The fourth-order valence-corrected chi connectivity index (χ4v) is 8.37. The number of anilines is 2. The van der Waals surface area contributed by atoms with Crippen LogP contribution >= 0.6 is 11.6 Å². The molecule has 0 radical (unpaired) electrons. The largest absolute Gasteiger partial charge is 0.394 e. The highest BCUT2D eigenvalue weighted by Gasteiger charge is 2.56. The second-order valence-electron chi connectivity index (χ2n) is 11.0. The first-order valence-electron chi connectivity index (χ1n) is 12.4. The zero-order chi connectivity index (χ0) is 23.1. The van der Waals surface area contributed by atoms with Crippen LogP contribution in [0.2, 0.25) is 5.02 Å². The van der Waals surface area contributed by atoms with Gasteiger partial charge in [0.1, 0.15) is 16.5 Å². The summed E-state index contributed by atoms with van der Waals surface area (Å²) in [6.45, 7) is 1.92. The predicted molar refractivity (Wildman–Crippen MR) is 130 cm³/mol. The van der Waals surface area contributed by atoms with E-state index in [1.54, 1.807) is 12.4 Å². The molecule has 0 aromatic carbocycles. The van der Waals surface area contributed by atoms with Gasteiger partial charge in [0.25, 0.3) is 0 Å². The van der Waals surface area contributed by atoms with Gasteiger partial charge in [-0.3, -0.25) is 4.21 Å². The topological polar surface area (TPSA) is 104 Å². The third-order valence-corrected chi connectivity index (χ3v) is 11.2. The number of aliphatic hydroxyl groups is 1. The van der Waals surface area contributed by atoms with E-state index in [-0.39, 0.29) is 16.9 Å². The molecule has 0 bridgehead atoms. The van der Waals surface area contributed by atoms with E-state index in [4.69, 9.17) is 21.6 Å². The van der Waals surface area contributed by atoms with Crippen LogP contribution in [0.4, 0.5) is 11.8 Å². The minimum absolute atomic E-state index is 0.0703. The van der Waals surface area contributed by atoms with Crippen molar-refractivity contribution in [3.8, 4) is 0 Å². The maximum Gasteiger partial charge on any atom is 0.227 e. The Labute approximate surface area is 206 Å². The summed E-state index contributed by atoms with van der Waals surface area (Å²) in [7, 11) is -1.08. The molecule has 4 fully saturated rings. The van der Waals surface area contributed by atoms with Gasteiger partial charge in [0, 0.05) is 37.8 Å². The Morgan fingerprint density at radius 3 is 2.41 bits per heavy atom. The number of hydrogen-bond donors (Lipinski definition) is 2. The maximum atomic E-state index is 13.4. The van der Waals surface area contributed by atoms with E-state index in [2.05, 4.69) is 20.2 Å². The Kier molecular flexibility index (Phi) is 4.78. The highest BCUT2D eigenvalue weighted by molar-refractivity contribution is 7.87. The molecule has 1 saturated heterocycles. The van der Waals surface area contributed by atoms with E-state index in [1.807, 2.05) is 0 Å². The number of halogens is 1. The molecule has 2 aliphatic heterocycles. The molecule has 3 atom stereocenters. The van der Waals surface area contributed by atoms with Crippen molar-refractivity contribution >= 4 is 34.2 Å². The van der Waals surface area contributed by atoms with Crippen LogP contribution in [-0.2, 0) is 17.2 Å². The number of aliphatic hydroxyl groups excluding tert-OH is 1. The number of fused-ring (bicyclic) bond motifs is 2. The maximum absolute atomic E-state index is 13.4. The normalized spacial score (nSPS) is 31.9. The van der Waals surface area contributed by atoms with Crippen LogP contribution in [0, 0.1) is 11.8 Å². The van der Waals surface area contributed by atoms with Gasteiger partial charge < -0.3 is 15.3 Å². The average Bonchev–Trinajstić information content (AvgIpc) is 3.17. The fourth-order valence-electron chi connectivity index (χ4n) is 6.50. The van der Waals surface area contributed by atoms with E-state index in [1.165, 1.54) is 0 Å². The molecule has 2 unspecified atom stereocenters. The van der Waals surface area contributed by atoms with Gasteiger partial charge >= 0.3 is 0 Å². The molecule has 0 amide bonds. The number of rotatable bonds is 5. The summed E-state index contributed by atoms with van der Waals surface area (Å²) in [6.07, 6.45) is 11.2. The summed E-state index contributed by atoms with van der Waals surface area (Å²) >= 11 is 5.96. The molecular formula is C24H29ClN6O2S. The Morgan fingerprint density at radius 2 is 1.82 bits per heavy atom. The van der Waals surface area contributed by atoms with E-state index in [0.717, 1.165) is 86.8 Å². The van der Waals surface area contributed by atoms with Crippen LogP contribution in [-0.4, -0.2) is 59.2 Å². The van der Waals surface area contributed by atoms with Gasteiger partial charge in [-0.2, -0.15) is 4.98 Å². The van der Waals surface area contributed by atoms with Crippen molar-refractivity contribution in [1.82, 2.24) is 19.9 Å². The lowest BCUT2D eigenvalue weighted by atomic mass is 9.77. The van der Waals surface area contributed by atoms with Crippen molar-refractivity contribution < 1.29 is 9.32 Å². The van der Waals surface area contributed by atoms with Crippen molar-refractivity contribution in [1.29, 1.82) is 0 Å². The van der Waals surface area contributed by atoms with Crippen molar-refractivity contribution in [3.63, 3.8) is 0 Å². The van der Waals surface area contributed by atoms with Crippen molar-refractivity contribution in [2.24, 2.45) is 11.8 Å². The molecule has 8 nitrogen and oxygen atoms in total. The van der Waals surface area contributed by atoms with Crippen molar-refractivity contribution in [2.45, 2.75) is 72.5 Å². The minimum Gasteiger partial charge on any atom is -0.394 e. The molecular weight excluding hydrogens is 472 g/mol. The number of hydrogen-bond acceptors (Lipinski definition) is 8. The van der Waals surface area contributed by atoms with Gasteiger partial charge in [0.2, 0.25) is 5.95 Å². The average molecular weight is 501 g/mol. The molecule has 1 spiro atoms. The monoisotopic (exact) mass is 500 g/mol. The summed E-state index contributed by atoms with van der Waals surface area (Å²) in [5.74, 6) is 3.86. The molecule has 3 aliphatic carbocycles. The molecule has 7 rings (SSSR count). The Bertz CT molecular complexity index is 1150. The van der Waals surface area contributed by atoms with Crippen LogP contribution < -0.4 is 10.2 Å². The molecule has 34 heavy (non-hydrogen) atoms. The lowest BCUT2D eigenvalue weighted by Gasteiger charge is -2.41. The van der Waals surface area contributed by atoms with Crippen molar-refractivity contribution in [2.75, 3.05) is 29.9 Å². The Hall–Kier alpha value is -1.84. The zero-order valence-corrected chi connectivity index (χ0v) is 20.6. The smallest absolute Gasteiger partial charge is 0.227 e. The molecule has 2 N–H and O–H groups in total. The van der Waals surface area contributed by atoms with Crippen LogP contribution in [0.5, 0.6) is 0 Å². The van der Waals surface area contributed by atoms with Gasteiger partial charge in [-0.15, -0.1) is 0 Å². The second-order valence-corrected chi connectivity index (χ2v) is 13.3. The fraction of sp³-hybridized carbons (Fsp3) is 0.667. The summed E-state index contributed by atoms with van der Waals surface area (Å²) in [6, 6.07) is 0. The highest BCUT2D eigenvalue weighted by atomic mass is 35.5. The lowest BCUT2D eigenvalue weighted by Crippen LogP contribution is -2.48. The van der Waals surface area contributed by atoms with Crippen LogP contribution in [0.3, 0.4) is 0 Å². The highest BCUT2D eigenvalue weighted by Crippen LogP contribution is 2.54. The summed E-state index contributed by atoms with van der Waals surface area (Å²) < 4.78 is 13.2. The summed E-state index contributed by atoms with van der Waals surface area (Å²) in [4.78, 5) is 22.0. The third kappa shape index (κ3) is 3.30. The van der Waals surface area contributed by atoms with E-state index < -0.39 is 10.8 Å². The van der Waals surface area contributed by atoms with Gasteiger partial charge in [-0.1, -0.05) is 11.6 Å². The van der Waals surface area contributed by atoms with Crippen LogP contribution in [0.15, 0.2) is 17.3 Å². The molecule has 5 aliphatic rings. The first-order chi connectivity index (χ1) is 16.5. The molecule has 2 aromatic heterocycles. The third-order valence-electron chi connectivity index (χ3n) is 8.84. The first-order valence-corrected chi connectivity index (χ1v) is 13.9. The predicted octanol–water partition coefficient (Wildman–Crippen LogP) is 3.07. The summed E-state index contributed by atoms with van der Waals surface area (Å²) in [5, 5.41) is 14.2. The zero-order valence-electron chi connectivity index (χ0n) is 19.0. The number of nitrogens with one attached hydrogen (secondary N) is 1. The van der Waals surface area contributed by atoms with Gasteiger partial charge in [0.05, 0.1) is 38.4 Å². The molecule has 10 heteroatoms. The first kappa shape index (κ1) is 21.4. The Balaban J connectivity index is 1.15. The second kappa shape index (κ2) is 7.58. The van der Waals surface area contributed by atoms with Crippen molar-refractivity contribution in [3.05, 3.63) is 28.9 Å². The minimum atomic E-state index is -1.08. The number of aromatic nitrogens is 4. The van der Waals surface area contributed by atoms with E-state index >= 15 is 0 Å². The van der Waals surface area contributed by atoms with Gasteiger partial charge in [0.15, 0.2) is 0 Å². The quantitative estimate of drug-likeness (QED) is 0.645. The van der Waals surface area contributed by atoms with E-state index in [9.17, 15) is 9.32 Å². The van der Waals surface area contributed by atoms with Crippen LogP contribution in [0.1, 0.15) is 62.4 Å². The molecule has 4 heterocycles. The van der Waals surface area contributed by atoms with Gasteiger partial charge in [-0.25, -0.2) is 15.0 Å². The molecule has 3 saturated carbocycles. The van der Waals surface area contributed by atoms with E-state index in [0.29, 0.717) is 28.6 Å². The number of nitrogens with zero attached hydrogens (tertiary/aromatic N) is 5. The van der Waals surface area contributed by atoms with Crippen LogP contribution in [0.25, 0.3) is 0 Å². The SMILES string of the molecule is O=[S@@]1c2c(nc(N3CC4CC(c5ncc(Cl)cn5)CC4C3)nc2NC2(CO)CCC2)CC12CC2. The molecule has 180 valence electrons. The lowest BCUT2D eigenvalue weighted by molar-refractivity contribution is 0.143. The summed E-state index contributed by atoms with van der Waals surface area (Å²) in [5.41, 5.74) is 0.608. The Morgan fingerprint density at radius 1 is 1.12 bits per heavy atom.